The molecule has 2 heterocycles. The van der Waals surface area contributed by atoms with Gasteiger partial charge in [0.05, 0.1) is 43.9 Å². The largest absolute Gasteiger partial charge is 0.394 e. The summed E-state index contributed by atoms with van der Waals surface area (Å²) in [6, 6.07) is 2.13. The summed E-state index contributed by atoms with van der Waals surface area (Å²) < 4.78 is 28.5. The molecule has 4 N–H and O–H groups in total. The highest BCUT2D eigenvalue weighted by Gasteiger charge is 2.16. The number of hydrogen-bond acceptors (Lipinski definition) is 7. The van der Waals surface area contributed by atoms with E-state index in [-0.39, 0.29) is 29.0 Å². The Kier molecular flexibility index (Phi) is 6.34. The van der Waals surface area contributed by atoms with Crippen molar-refractivity contribution in [3.63, 3.8) is 0 Å². The summed E-state index contributed by atoms with van der Waals surface area (Å²) in [5, 5.41) is 28.6. The first-order chi connectivity index (χ1) is 13.5. The molecule has 0 amide bonds. The number of benzene rings is 1. The second-order valence-corrected chi connectivity index (χ2v) is 6.22. The smallest absolute Gasteiger partial charge is 0.229 e. The molecule has 0 fully saturated rings. The molecular formula is C17H17ClF2N6O2. The van der Waals surface area contributed by atoms with Crippen molar-refractivity contribution < 1.29 is 19.0 Å². The van der Waals surface area contributed by atoms with Gasteiger partial charge in [0.25, 0.3) is 0 Å². The molecule has 3 rings (SSSR count). The summed E-state index contributed by atoms with van der Waals surface area (Å²) in [6.45, 7) is -0.145. The van der Waals surface area contributed by atoms with Gasteiger partial charge in [-0.2, -0.15) is 10.1 Å². The van der Waals surface area contributed by atoms with Gasteiger partial charge in [-0.15, -0.1) is 0 Å². The number of rotatable bonds is 8. The van der Waals surface area contributed by atoms with Crippen molar-refractivity contribution in [3.05, 3.63) is 59.0 Å². The summed E-state index contributed by atoms with van der Waals surface area (Å²) in [5.41, 5.74) is 0.794. The predicted octanol–water partition coefficient (Wildman–Crippen LogP) is 2.49. The Labute approximate surface area is 163 Å². The van der Waals surface area contributed by atoms with Crippen molar-refractivity contribution in [2.24, 2.45) is 0 Å². The third kappa shape index (κ3) is 4.91. The van der Waals surface area contributed by atoms with Gasteiger partial charge in [-0.25, -0.2) is 13.8 Å². The van der Waals surface area contributed by atoms with Crippen LogP contribution in [0.25, 0.3) is 0 Å². The Balaban J connectivity index is 1.79. The lowest BCUT2D eigenvalue weighted by Gasteiger charge is -2.18. The molecule has 0 aliphatic carbocycles. The van der Waals surface area contributed by atoms with Crippen LogP contribution < -0.4 is 10.6 Å². The Morgan fingerprint density at radius 1 is 1.14 bits per heavy atom. The number of anilines is 3. The van der Waals surface area contributed by atoms with Crippen molar-refractivity contribution in [2.45, 2.75) is 12.6 Å². The number of hydrogen-bond donors (Lipinski definition) is 4. The van der Waals surface area contributed by atoms with Crippen LogP contribution in [-0.4, -0.2) is 43.2 Å². The molecule has 8 nitrogen and oxygen atoms in total. The maximum Gasteiger partial charge on any atom is 0.229 e. The lowest BCUT2D eigenvalue weighted by Crippen LogP contribution is -2.17. The molecule has 0 aliphatic rings. The van der Waals surface area contributed by atoms with Gasteiger partial charge in [0, 0.05) is 12.3 Å². The highest BCUT2D eigenvalue weighted by atomic mass is 35.5. The van der Waals surface area contributed by atoms with E-state index in [9.17, 15) is 13.9 Å². The van der Waals surface area contributed by atoms with Gasteiger partial charge in [0.1, 0.15) is 16.7 Å². The van der Waals surface area contributed by atoms with E-state index in [4.69, 9.17) is 16.7 Å². The van der Waals surface area contributed by atoms with Gasteiger partial charge in [-0.05, 0) is 17.7 Å². The molecule has 0 bridgehead atoms. The SMILES string of the molecule is OCCn1cc(Nc2ncc(Cl)c(NC(CO)c3cc(F)cc(F)c3)n2)cn1. The Bertz CT molecular complexity index is 935. The molecule has 0 aliphatic heterocycles. The lowest BCUT2D eigenvalue weighted by molar-refractivity contribution is 0.269. The molecule has 11 heteroatoms. The standard InChI is InChI=1S/C17H17ClF2N6O2/c18-14-7-21-17(23-13-6-22-26(8-13)1-2-27)25-16(14)24-15(9-28)10-3-11(19)5-12(20)4-10/h3-8,15,27-28H,1-2,9H2,(H2,21,23,24,25). The molecule has 0 radical (unpaired) electrons. The molecule has 0 saturated carbocycles. The zero-order valence-electron chi connectivity index (χ0n) is 14.5. The minimum absolute atomic E-state index is 0.0458. The minimum atomic E-state index is -0.835. The highest BCUT2D eigenvalue weighted by Crippen LogP contribution is 2.26. The average Bonchev–Trinajstić information content (AvgIpc) is 3.08. The molecule has 3 aromatic rings. The van der Waals surface area contributed by atoms with Crippen molar-refractivity contribution >= 4 is 29.1 Å². The molecule has 28 heavy (non-hydrogen) atoms. The first kappa shape index (κ1) is 19.9. The first-order valence-electron chi connectivity index (χ1n) is 8.24. The van der Waals surface area contributed by atoms with E-state index < -0.39 is 24.3 Å². The highest BCUT2D eigenvalue weighted by molar-refractivity contribution is 6.32. The van der Waals surface area contributed by atoms with E-state index in [0.29, 0.717) is 12.2 Å². The van der Waals surface area contributed by atoms with E-state index in [0.717, 1.165) is 18.2 Å². The Hall–Kier alpha value is -2.82. The molecule has 148 valence electrons. The van der Waals surface area contributed by atoms with E-state index in [1.54, 1.807) is 6.20 Å². The zero-order chi connectivity index (χ0) is 20.1. The third-order valence-electron chi connectivity index (χ3n) is 3.74. The fourth-order valence-corrected chi connectivity index (χ4v) is 2.63. The van der Waals surface area contributed by atoms with Gasteiger partial charge in [-0.3, -0.25) is 4.68 Å². The van der Waals surface area contributed by atoms with Crippen LogP contribution in [0.3, 0.4) is 0 Å². The fourth-order valence-electron chi connectivity index (χ4n) is 2.49. The van der Waals surface area contributed by atoms with Gasteiger partial charge in [0.2, 0.25) is 5.95 Å². The number of aromatic nitrogens is 4. The number of aliphatic hydroxyl groups is 2. The van der Waals surface area contributed by atoms with Crippen LogP contribution in [0.15, 0.2) is 36.8 Å². The summed E-state index contributed by atoms with van der Waals surface area (Å²) in [7, 11) is 0. The van der Waals surface area contributed by atoms with Crippen molar-refractivity contribution in [2.75, 3.05) is 23.8 Å². The number of halogens is 3. The van der Waals surface area contributed by atoms with Crippen LogP contribution in [0, 0.1) is 11.6 Å². The fraction of sp³-hybridized carbons (Fsp3) is 0.235. The number of nitrogens with one attached hydrogen (secondary N) is 2. The summed E-state index contributed by atoms with van der Waals surface area (Å²) in [6.07, 6.45) is 4.54. The van der Waals surface area contributed by atoms with Crippen molar-refractivity contribution in [1.82, 2.24) is 19.7 Å². The van der Waals surface area contributed by atoms with E-state index in [2.05, 4.69) is 25.7 Å². The molecule has 1 aromatic carbocycles. The van der Waals surface area contributed by atoms with Gasteiger partial charge >= 0.3 is 0 Å². The minimum Gasteiger partial charge on any atom is -0.394 e. The zero-order valence-corrected chi connectivity index (χ0v) is 15.2. The first-order valence-corrected chi connectivity index (χ1v) is 8.62. The maximum atomic E-state index is 13.5. The van der Waals surface area contributed by atoms with E-state index in [1.165, 1.54) is 17.1 Å². The van der Waals surface area contributed by atoms with Crippen LogP contribution in [-0.2, 0) is 6.54 Å². The maximum absolute atomic E-state index is 13.5. The van der Waals surface area contributed by atoms with E-state index in [1.807, 2.05) is 0 Å². The number of nitrogens with zero attached hydrogens (tertiary/aromatic N) is 4. The normalized spacial score (nSPS) is 12.0. The Morgan fingerprint density at radius 3 is 2.57 bits per heavy atom. The van der Waals surface area contributed by atoms with Crippen molar-refractivity contribution in [3.8, 4) is 0 Å². The molecule has 2 aromatic heterocycles. The van der Waals surface area contributed by atoms with Crippen LogP contribution in [0.1, 0.15) is 11.6 Å². The van der Waals surface area contributed by atoms with E-state index >= 15 is 0 Å². The number of aliphatic hydroxyl groups excluding tert-OH is 2. The summed E-state index contributed by atoms with van der Waals surface area (Å²) >= 11 is 6.11. The van der Waals surface area contributed by atoms with Crippen molar-refractivity contribution in [1.29, 1.82) is 0 Å². The second kappa shape index (κ2) is 8.91. The molecule has 1 unspecified atom stereocenters. The quantitative estimate of drug-likeness (QED) is 0.452. The third-order valence-corrected chi connectivity index (χ3v) is 4.02. The van der Waals surface area contributed by atoms with Crippen LogP contribution in [0.2, 0.25) is 5.02 Å². The topological polar surface area (TPSA) is 108 Å². The predicted molar refractivity (Wildman–Crippen MR) is 99.4 cm³/mol. The summed E-state index contributed by atoms with van der Waals surface area (Å²) in [5.74, 6) is -1.15. The summed E-state index contributed by atoms with van der Waals surface area (Å²) in [4.78, 5) is 8.29. The van der Waals surface area contributed by atoms with Gasteiger partial charge < -0.3 is 20.8 Å². The van der Waals surface area contributed by atoms with Crippen LogP contribution in [0.4, 0.5) is 26.2 Å². The monoisotopic (exact) mass is 410 g/mol. The molecule has 0 spiro atoms. The van der Waals surface area contributed by atoms with Gasteiger partial charge in [-0.1, -0.05) is 11.6 Å². The van der Waals surface area contributed by atoms with Crippen LogP contribution >= 0.6 is 11.6 Å². The Morgan fingerprint density at radius 2 is 1.89 bits per heavy atom. The van der Waals surface area contributed by atoms with Gasteiger partial charge in [0.15, 0.2) is 5.82 Å². The molecular weight excluding hydrogens is 394 g/mol. The molecule has 1 atom stereocenters. The molecule has 0 saturated heterocycles. The second-order valence-electron chi connectivity index (χ2n) is 5.81. The van der Waals surface area contributed by atoms with Crippen LogP contribution in [0.5, 0.6) is 0 Å². The lowest BCUT2D eigenvalue weighted by atomic mass is 10.1. The average molecular weight is 411 g/mol.